The highest BCUT2D eigenvalue weighted by Crippen LogP contribution is 2.23. The molecule has 0 aliphatic carbocycles. The predicted octanol–water partition coefficient (Wildman–Crippen LogP) is 3.49. The van der Waals surface area contributed by atoms with Gasteiger partial charge in [0.1, 0.15) is 5.75 Å². The topological polar surface area (TPSA) is 44.5 Å². The smallest absolute Gasteiger partial charge is 0.119 e. The van der Waals surface area contributed by atoms with Gasteiger partial charge in [-0.3, -0.25) is 0 Å². The molecule has 0 bridgehead atoms. The van der Waals surface area contributed by atoms with Crippen LogP contribution in [0.3, 0.4) is 0 Å². The van der Waals surface area contributed by atoms with Gasteiger partial charge < -0.3 is 15.2 Å². The second kappa shape index (κ2) is 7.12. The lowest BCUT2D eigenvalue weighted by Crippen LogP contribution is -2.43. The van der Waals surface area contributed by atoms with E-state index in [-0.39, 0.29) is 5.54 Å². The Labute approximate surface area is 118 Å². The van der Waals surface area contributed by atoms with E-state index >= 15 is 0 Å². The first-order chi connectivity index (χ1) is 8.54. The van der Waals surface area contributed by atoms with E-state index in [1.807, 2.05) is 18.2 Å². The molecule has 0 spiro atoms. The molecule has 1 aromatic carbocycles. The molecule has 0 amide bonds. The first-order valence-electron chi connectivity index (χ1n) is 6.23. The monoisotopic (exact) mass is 315 g/mol. The van der Waals surface area contributed by atoms with Crippen LogP contribution >= 0.6 is 15.9 Å². The van der Waals surface area contributed by atoms with Gasteiger partial charge in [-0.05, 0) is 36.6 Å². The fourth-order valence-corrected chi connectivity index (χ4v) is 1.97. The number of benzene rings is 1. The molecular formula is C14H22BrNO2. The summed E-state index contributed by atoms with van der Waals surface area (Å²) in [4.78, 5) is 0. The van der Waals surface area contributed by atoms with Crippen molar-refractivity contribution in [1.29, 1.82) is 0 Å². The van der Waals surface area contributed by atoms with Gasteiger partial charge in [0.2, 0.25) is 0 Å². The summed E-state index contributed by atoms with van der Waals surface area (Å²) in [5, 5.41) is 0. The third-order valence-electron chi connectivity index (χ3n) is 3.31. The van der Waals surface area contributed by atoms with Crippen molar-refractivity contribution in [2.75, 3.05) is 13.7 Å². The Morgan fingerprint density at radius 2 is 1.94 bits per heavy atom. The summed E-state index contributed by atoms with van der Waals surface area (Å²) in [6.45, 7) is 5.29. The van der Waals surface area contributed by atoms with Crippen LogP contribution < -0.4 is 10.5 Å². The standard InChI is InChI=1S/C14H22BrNO2/c1-4-14(16,5-2)10-18-9-11-8-12(17-3)6-7-13(11)15/h6-8H,4-5,9-10,16H2,1-3H3. The third-order valence-corrected chi connectivity index (χ3v) is 4.08. The van der Waals surface area contributed by atoms with Gasteiger partial charge in [0.15, 0.2) is 0 Å². The number of nitrogens with two attached hydrogens (primary N) is 1. The summed E-state index contributed by atoms with van der Waals surface area (Å²) >= 11 is 3.51. The van der Waals surface area contributed by atoms with Gasteiger partial charge in [-0.2, -0.15) is 0 Å². The van der Waals surface area contributed by atoms with Crippen molar-refractivity contribution in [1.82, 2.24) is 0 Å². The van der Waals surface area contributed by atoms with Gasteiger partial charge >= 0.3 is 0 Å². The van der Waals surface area contributed by atoms with Crippen molar-refractivity contribution in [3.63, 3.8) is 0 Å². The molecule has 0 aliphatic heterocycles. The number of methoxy groups -OCH3 is 1. The van der Waals surface area contributed by atoms with E-state index in [4.69, 9.17) is 15.2 Å². The van der Waals surface area contributed by atoms with Crippen LogP contribution in [0.2, 0.25) is 0 Å². The maximum Gasteiger partial charge on any atom is 0.119 e. The summed E-state index contributed by atoms with van der Waals surface area (Å²) in [5.41, 5.74) is 7.05. The molecule has 0 aliphatic rings. The minimum Gasteiger partial charge on any atom is -0.497 e. The van der Waals surface area contributed by atoms with E-state index in [9.17, 15) is 0 Å². The van der Waals surface area contributed by atoms with E-state index in [0.717, 1.165) is 28.6 Å². The van der Waals surface area contributed by atoms with Crippen molar-refractivity contribution in [3.8, 4) is 5.75 Å². The maximum absolute atomic E-state index is 6.19. The minimum absolute atomic E-state index is 0.217. The molecule has 4 heteroatoms. The second-order valence-electron chi connectivity index (χ2n) is 4.52. The fraction of sp³-hybridized carbons (Fsp3) is 0.571. The van der Waals surface area contributed by atoms with E-state index in [0.29, 0.717) is 13.2 Å². The molecule has 0 unspecified atom stereocenters. The summed E-state index contributed by atoms with van der Waals surface area (Å²) < 4.78 is 12.0. The summed E-state index contributed by atoms with van der Waals surface area (Å²) in [6.07, 6.45) is 1.84. The maximum atomic E-state index is 6.19. The lowest BCUT2D eigenvalue weighted by molar-refractivity contribution is 0.0692. The molecular weight excluding hydrogens is 294 g/mol. The molecule has 2 N–H and O–H groups in total. The molecule has 0 fully saturated rings. The lowest BCUT2D eigenvalue weighted by Gasteiger charge is -2.26. The molecule has 18 heavy (non-hydrogen) atoms. The zero-order valence-corrected chi connectivity index (χ0v) is 12.9. The van der Waals surface area contributed by atoms with Gasteiger partial charge in [-0.25, -0.2) is 0 Å². The summed E-state index contributed by atoms with van der Waals surface area (Å²) in [7, 11) is 1.66. The van der Waals surface area contributed by atoms with E-state index < -0.39 is 0 Å². The highest BCUT2D eigenvalue weighted by molar-refractivity contribution is 9.10. The fourth-order valence-electron chi connectivity index (χ4n) is 1.61. The molecule has 0 heterocycles. The highest BCUT2D eigenvalue weighted by atomic mass is 79.9. The molecule has 1 aromatic rings. The SMILES string of the molecule is CCC(N)(CC)COCc1cc(OC)ccc1Br. The average Bonchev–Trinajstić information content (AvgIpc) is 2.40. The van der Waals surface area contributed by atoms with Gasteiger partial charge in [0.25, 0.3) is 0 Å². The van der Waals surface area contributed by atoms with Crippen LogP contribution in [-0.4, -0.2) is 19.3 Å². The Hall–Kier alpha value is -0.580. The lowest BCUT2D eigenvalue weighted by atomic mass is 9.96. The Morgan fingerprint density at radius 1 is 1.28 bits per heavy atom. The minimum atomic E-state index is -0.217. The van der Waals surface area contributed by atoms with E-state index in [1.54, 1.807) is 7.11 Å². The van der Waals surface area contributed by atoms with Crippen molar-refractivity contribution < 1.29 is 9.47 Å². The van der Waals surface area contributed by atoms with Crippen LogP contribution in [0.25, 0.3) is 0 Å². The van der Waals surface area contributed by atoms with Gasteiger partial charge in [-0.15, -0.1) is 0 Å². The quantitative estimate of drug-likeness (QED) is 0.837. The van der Waals surface area contributed by atoms with E-state index in [2.05, 4.69) is 29.8 Å². The molecule has 102 valence electrons. The number of halogens is 1. The van der Waals surface area contributed by atoms with Crippen LogP contribution in [0.15, 0.2) is 22.7 Å². The van der Waals surface area contributed by atoms with E-state index in [1.165, 1.54) is 0 Å². The Balaban J connectivity index is 2.58. The molecule has 0 saturated heterocycles. The van der Waals surface area contributed by atoms with Crippen LogP contribution in [0.5, 0.6) is 5.75 Å². The zero-order chi connectivity index (χ0) is 13.6. The summed E-state index contributed by atoms with van der Waals surface area (Å²) in [6, 6.07) is 5.85. The number of rotatable bonds is 7. The zero-order valence-electron chi connectivity index (χ0n) is 11.3. The number of ether oxygens (including phenoxy) is 2. The normalized spacial score (nSPS) is 11.6. The van der Waals surface area contributed by atoms with Crippen molar-refractivity contribution in [2.45, 2.75) is 38.8 Å². The van der Waals surface area contributed by atoms with Gasteiger partial charge in [0.05, 0.1) is 20.3 Å². The number of hydrogen-bond donors (Lipinski definition) is 1. The van der Waals surface area contributed by atoms with Gasteiger partial charge in [-0.1, -0.05) is 29.8 Å². The van der Waals surface area contributed by atoms with Crippen molar-refractivity contribution in [2.24, 2.45) is 5.73 Å². The predicted molar refractivity (Wildman–Crippen MR) is 77.9 cm³/mol. The summed E-state index contributed by atoms with van der Waals surface area (Å²) in [5.74, 6) is 0.835. The van der Waals surface area contributed by atoms with Crippen LogP contribution in [0, 0.1) is 0 Å². The van der Waals surface area contributed by atoms with Crippen molar-refractivity contribution >= 4 is 15.9 Å². The first-order valence-corrected chi connectivity index (χ1v) is 7.03. The number of hydrogen-bond acceptors (Lipinski definition) is 3. The largest absolute Gasteiger partial charge is 0.497 e. The molecule has 1 rings (SSSR count). The Morgan fingerprint density at radius 3 is 2.50 bits per heavy atom. The van der Waals surface area contributed by atoms with Crippen LogP contribution in [-0.2, 0) is 11.3 Å². The van der Waals surface area contributed by atoms with Gasteiger partial charge in [0, 0.05) is 10.0 Å². The first kappa shape index (κ1) is 15.5. The third kappa shape index (κ3) is 4.26. The van der Waals surface area contributed by atoms with Crippen LogP contribution in [0.1, 0.15) is 32.3 Å². The molecule has 3 nitrogen and oxygen atoms in total. The molecule has 0 radical (unpaired) electrons. The molecule has 0 saturated carbocycles. The molecule has 0 atom stereocenters. The highest BCUT2D eigenvalue weighted by Gasteiger charge is 2.20. The Kier molecular flexibility index (Phi) is 6.12. The molecule has 0 aromatic heterocycles. The average molecular weight is 316 g/mol. The Bertz CT molecular complexity index is 378. The van der Waals surface area contributed by atoms with Crippen molar-refractivity contribution in [3.05, 3.63) is 28.2 Å². The van der Waals surface area contributed by atoms with Crippen LogP contribution in [0.4, 0.5) is 0 Å². The second-order valence-corrected chi connectivity index (χ2v) is 5.37.